The molecule has 1 atom stereocenters. The highest BCUT2D eigenvalue weighted by atomic mass is 79.9. The molecule has 84 valence electrons. The molecule has 0 amide bonds. The molecule has 0 bridgehead atoms. The Balaban J connectivity index is 3.69. The van der Waals surface area contributed by atoms with Crippen LogP contribution in [0.15, 0.2) is 0 Å². The summed E-state index contributed by atoms with van der Waals surface area (Å²) in [6.07, 6.45) is 0. The van der Waals surface area contributed by atoms with E-state index < -0.39 is 0 Å². The summed E-state index contributed by atoms with van der Waals surface area (Å²) in [6.45, 7) is 5.16. The number of methoxy groups -OCH3 is 1. The molecular formula is C9H18BrNO3. The zero-order chi connectivity index (χ0) is 11.2. The van der Waals surface area contributed by atoms with Crippen LogP contribution in [0.1, 0.15) is 13.8 Å². The van der Waals surface area contributed by atoms with E-state index in [-0.39, 0.29) is 22.8 Å². The van der Waals surface area contributed by atoms with Crippen LogP contribution in [-0.2, 0) is 9.53 Å². The second kappa shape index (κ2) is 6.37. The smallest absolute Gasteiger partial charge is 0.320 e. The third-order valence-corrected chi connectivity index (χ3v) is 2.51. The normalized spacial score (nSPS) is 13.8. The Morgan fingerprint density at radius 3 is 2.64 bits per heavy atom. The van der Waals surface area contributed by atoms with Gasteiger partial charge < -0.3 is 15.2 Å². The van der Waals surface area contributed by atoms with E-state index in [0.29, 0.717) is 13.1 Å². The molecule has 1 unspecified atom stereocenters. The molecule has 4 nitrogen and oxygen atoms in total. The Hall–Kier alpha value is -0.130. The minimum atomic E-state index is -0.331. The van der Waals surface area contributed by atoms with Crippen molar-refractivity contribution >= 4 is 21.9 Å². The maximum Gasteiger partial charge on any atom is 0.320 e. The van der Waals surface area contributed by atoms with Crippen molar-refractivity contribution in [1.82, 2.24) is 5.32 Å². The van der Waals surface area contributed by atoms with E-state index in [1.165, 1.54) is 7.11 Å². The largest absolute Gasteiger partial charge is 0.468 e. The van der Waals surface area contributed by atoms with E-state index in [4.69, 9.17) is 5.11 Å². The van der Waals surface area contributed by atoms with Crippen molar-refractivity contribution in [3.8, 4) is 0 Å². The average Bonchev–Trinajstić information content (AvgIpc) is 2.16. The molecule has 0 heterocycles. The van der Waals surface area contributed by atoms with E-state index in [2.05, 4.69) is 26.0 Å². The second-order valence-corrected chi connectivity index (χ2v) is 5.05. The molecule has 0 aromatic rings. The van der Waals surface area contributed by atoms with Crippen LogP contribution in [0.25, 0.3) is 0 Å². The molecule has 14 heavy (non-hydrogen) atoms. The molecule has 0 spiro atoms. The first-order valence-corrected chi connectivity index (χ1v) is 5.38. The Morgan fingerprint density at radius 1 is 1.64 bits per heavy atom. The van der Waals surface area contributed by atoms with Crippen LogP contribution in [0, 0.1) is 5.41 Å². The lowest BCUT2D eigenvalue weighted by molar-refractivity contribution is -0.139. The number of ether oxygens (including phenoxy) is 1. The first-order chi connectivity index (χ1) is 6.43. The number of hydrogen-bond donors (Lipinski definition) is 2. The third kappa shape index (κ3) is 5.57. The molecule has 0 aromatic carbocycles. The average molecular weight is 268 g/mol. The molecule has 0 aliphatic carbocycles. The number of alkyl halides is 1. The second-order valence-electron chi connectivity index (χ2n) is 3.94. The molecule has 5 heteroatoms. The highest BCUT2D eigenvalue weighted by molar-refractivity contribution is 9.10. The number of esters is 1. The Bertz CT molecular complexity index is 185. The summed E-state index contributed by atoms with van der Waals surface area (Å²) < 4.78 is 4.55. The van der Waals surface area contributed by atoms with Gasteiger partial charge in [0.05, 0.1) is 7.11 Å². The fourth-order valence-corrected chi connectivity index (χ4v) is 1.22. The molecule has 0 aliphatic heterocycles. The van der Waals surface area contributed by atoms with Crippen molar-refractivity contribution in [1.29, 1.82) is 0 Å². The van der Waals surface area contributed by atoms with Crippen molar-refractivity contribution in [3.63, 3.8) is 0 Å². The van der Waals surface area contributed by atoms with Gasteiger partial charge in [-0.25, -0.2) is 0 Å². The first kappa shape index (κ1) is 13.9. The topological polar surface area (TPSA) is 58.6 Å². The molecule has 0 saturated heterocycles. The molecule has 0 radical (unpaired) electrons. The zero-order valence-corrected chi connectivity index (χ0v) is 10.4. The van der Waals surface area contributed by atoms with Crippen LogP contribution in [0.3, 0.4) is 0 Å². The van der Waals surface area contributed by atoms with Gasteiger partial charge in [-0.05, 0) is 0 Å². The number of rotatable bonds is 6. The predicted octanol–water partition coefficient (Wildman–Crippen LogP) is 0.531. The summed E-state index contributed by atoms with van der Waals surface area (Å²) in [5, 5.41) is 12.1. The number of hydrogen-bond acceptors (Lipinski definition) is 4. The van der Waals surface area contributed by atoms with Crippen LogP contribution < -0.4 is 5.32 Å². The number of carbonyl (C=O) groups is 1. The van der Waals surface area contributed by atoms with E-state index in [1.54, 1.807) is 0 Å². The summed E-state index contributed by atoms with van der Waals surface area (Å²) >= 11 is 3.19. The fraction of sp³-hybridized carbons (Fsp3) is 0.889. The number of carbonyl (C=O) groups excluding carboxylic acids is 1. The van der Waals surface area contributed by atoms with E-state index in [0.717, 1.165) is 0 Å². The monoisotopic (exact) mass is 267 g/mol. The molecule has 0 saturated carbocycles. The lowest BCUT2D eigenvalue weighted by atomic mass is 9.95. The standard InChI is InChI=1S/C9H18BrNO3/c1-9(2,6-12)5-11-4-7(10)8(13)14-3/h7,11-12H,4-6H2,1-3H3. The maximum absolute atomic E-state index is 11.0. The molecule has 2 N–H and O–H groups in total. The van der Waals surface area contributed by atoms with Crippen molar-refractivity contribution in [2.75, 3.05) is 26.8 Å². The number of nitrogens with one attached hydrogen (secondary N) is 1. The minimum absolute atomic E-state index is 0.116. The molecule has 0 fully saturated rings. The highest BCUT2D eigenvalue weighted by Crippen LogP contribution is 2.11. The Labute approximate surface area is 93.1 Å². The van der Waals surface area contributed by atoms with Crippen molar-refractivity contribution in [2.45, 2.75) is 18.7 Å². The summed E-state index contributed by atoms with van der Waals surface area (Å²) in [6, 6.07) is 0. The van der Waals surface area contributed by atoms with Gasteiger partial charge in [-0.3, -0.25) is 4.79 Å². The van der Waals surface area contributed by atoms with Gasteiger partial charge in [0.2, 0.25) is 0 Å². The summed E-state index contributed by atoms with van der Waals surface area (Å²) in [4.78, 5) is 10.6. The quantitative estimate of drug-likeness (QED) is 0.545. The van der Waals surface area contributed by atoms with Crippen LogP contribution >= 0.6 is 15.9 Å². The SMILES string of the molecule is COC(=O)C(Br)CNCC(C)(C)CO. The van der Waals surface area contributed by atoms with E-state index in [9.17, 15) is 4.79 Å². The van der Waals surface area contributed by atoms with Crippen LogP contribution in [0.4, 0.5) is 0 Å². The zero-order valence-electron chi connectivity index (χ0n) is 8.84. The number of aliphatic hydroxyl groups is 1. The van der Waals surface area contributed by atoms with Gasteiger partial charge in [0.15, 0.2) is 0 Å². The third-order valence-electron chi connectivity index (χ3n) is 1.81. The van der Waals surface area contributed by atoms with Gasteiger partial charge in [-0.15, -0.1) is 0 Å². The van der Waals surface area contributed by atoms with Gasteiger partial charge in [-0.2, -0.15) is 0 Å². The summed E-state index contributed by atoms with van der Waals surface area (Å²) in [7, 11) is 1.36. The van der Waals surface area contributed by atoms with Crippen molar-refractivity contribution in [2.24, 2.45) is 5.41 Å². The first-order valence-electron chi connectivity index (χ1n) is 4.46. The van der Waals surface area contributed by atoms with Gasteiger partial charge in [-0.1, -0.05) is 29.8 Å². The van der Waals surface area contributed by atoms with Crippen LogP contribution in [-0.4, -0.2) is 42.7 Å². The number of aliphatic hydroxyl groups excluding tert-OH is 1. The van der Waals surface area contributed by atoms with Gasteiger partial charge in [0.25, 0.3) is 0 Å². The molecule has 0 aliphatic rings. The predicted molar refractivity (Wildman–Crippen MR) is 58.5 cm³/mol. The maximum atomic E-state index is 11.0. The van der Waals surface area contributed by atoms with E-state index in [1.807, 2.05) is 13.8 Å². The van der Waals surface area contributed by atoms with Gasteiger partial charge in [0, 0.05) is 25.1 Å². The van der Waals surface area contributed by atoms with Crippen LogP contribution in [0.2, 0.25) is 0 Å². The summed E-state index contributed by atoms with van der Waals surface area (Å²) in [5.41, 5.74) is -0.164. The molecule has 0 aromatic heterocycles. The van der Waals surface area contributed by atoms with Crippen molar-refractivity contribution in [3.05, 3.63) is 0 Å². The molecule has 0 rings (SSSR count). The van der Waals surface area contributed by atoms with E-state index >= 15 is 0 Å². The number of halogens is 1. The van der Waals surface area contributed by atoms with Crippen molar-refractivity contribution < 1.29 is 14.6 Å². The van der Waals surface area contributed by atoms with Gasteiger partial charge in [0.1, 0.15) is 4.83 Å². The minimum Gasteiger partial charge on any atom is -0.468 e. The summed E-state index contributed by atoms with van der Waals surface area (Å²) in [5.74, 6) is -0.292. The fourth-order valence-electron chi connectivity index (χ4n) is 0.804. The Kier molecular flexibility index (Phi) is 6.31. The Morgan fingerprint density at radius 2 is 2.21 bits per heavy atom. The molecular weight excluding hydrogens is 250 g/mol. The lowest BCUT2D eigenvalue weighted by Gasteiger charge is -2.22. The van der Waals surface area contributed by atoms with Crippen LogP contribution in [0.5, 0.6) is 0 Å². The van der Waals surface area contributed by atoms with Gasteiger partial charge >= 0.3 is 5.97 Å². The lowest BCUT2D eigenvalue weighted by Crippen LogP contribution is -2.37. The highest BCUT2D eigenvalue weighted by Gasteiger charge is 2.18.